The van der Waals surface area contributed by atoms with Crippen LogP contribution >= 0.6 is 22.6 Å². The van der Waals surface area contributed by atoms with E-state index in [1.807, 2.05) is 33.9 Å². The largest absolute Gasteiger partial charge is 0.489 e. The first-order chi connectivity index (χ1) is 10.4. The van der Waals surface area contributed by atoms with E-state index in [1.165, 1.54) is 0 Å². The van der Waals surface area contributed by atoms with Crippen LogP contribution in [0.4, 0.5) is 5.69 Å². The molecule has 1 aliphatic rings. The Labute approximate surface area is 143 Å². The summed E-state index contributed by atoms with van der Waals surface area (Å²) in [6.45, 7) is 7.05. The highest BCUT2D eigenvalue weighted by Crippen LogP contribution is 2.36. The summed E-state index contributed by atoms with van der Waals surface area (Å²) < 4.78 is 8.42. The molecule has 1 aromatic heterocycles. The molecule has 1 aromatic carbocycles. The number of halogens is 1. The van der Waals surface area contributed by atoms with Crippen LogP contribution in [0, 0.1) is 24.3 Å². The van der Waals surface area contributed by atoms with Crippen molar-refractivity contribution in [2.24, 2.45) is 7.05 Å². The summed E-state index contributed by atoms with van der Waals surface area (Å²) in [7, 11) is 1.86. The zero-order valence-electron chi connectivity index (χ0n) is 13.1. The lowest BCUT2D eigenvalue weighted by Gasteiger charge is -2.30. The molecule has 0 N–H and O–H groups in total. The second-order valence-corrected chi connectivity index (χ2v) is 6.69. The molecule has 0 fully saturated rings. The lowest BCUT2D eigenvalue weighted by molar-refractivity contribution is 0.0970. The first kappa shape index (κ1) is 15.3. The second kappa shape index (κ2) is 5.57. The zero-order valence-corrected chi connectivity index (χ0v) is 15.3. The number of hydrogen-bond donors (Lipinski definition) is 0. The quantitative estimate of drug-likeness (QED) is 0.678. The van der Waals surface area contributed by atoms with Crippen molar-refractivity contribution >= 4 is 34.2 Å². The molecule has 0 saturated heterocycles. The van der Waals surface area contributed by atoms with E-state index >= 15 is 0 Å². The summed E-state index contributed by atoms with van der Waals surface area (Å²) in [4.78, 5) is 14.7. The molecule has 0 spiro atoms. The van der Waals surface area contributed by atoms with Crippen molar-refractivity contribution in [2.75, 3.05) is 18.1 Å². The fraction of sp³-hybridized carbons (Fsp3) is 0.375. The van der Waals surface area contributed by atoms with Crippen molar-refractivity contribution in [3.8, 4) is 5.75 Å². The van der Waals surface area contributed by atoms with Crippen LogP contribution in [0.1, 0.15) is 27.3 Å². The number of ether oxygens (including phenoxy) is 1. The highest BCUT2D eigenvalue weighted by molar-refractivity contribution is 14.1. The van der Waals surface area contributed by atoms with Crippen LogP contribution in [0.5, 0.6) is 5.75 Å². The molecule has 2 aromatic rings. The minimum Gasteiger partial charge on any atom is -0.489 e. The molecule has 0 aliphatic carbocycles. The molecule has 6 heteroatoms. The van der Waals surface area contributed by atoms with E-state index < -0.39 is 0 Å². The maximum atomic E-state index is 13.0. The van der Waals surface area contributed by atoms with Crippen molar-refractivity contribution in [3.63, 3.8) is 0 Å². The van der Waals surface area contributed by atoms with Crippen molar-refractivity contribution in [3.05, 3.63) is 38.2 Å². The standard InChI is InChI=1S/C16H18IN3O2/c1-9-7-10(2)15-12(8-9)20(5-6-22-15)16(21)14-13(17)11(3)19(4)18-14/h7-8H,5-6H2,1-4H3. The number of carbonyl (C=O) groups excluding carboxylic acids is 1. The molecule has 0 unspecified atom stereocenters. The van der Waals surface area contributed by atoms with E-state index in [4.69, 9.17) is 4.74 Å². The van der Waals surface area contributed by atoms with Crippen LogP contribution < -0.4 is 9.64 Å². The molecule has 3 rings (SSSR count). The van der Waals surface area contributed by atoms with Crippen LogP contribution in [0.2, 0.25) is 0 Å². The van der Waals surface area contributed by atoms with E-state index in [0.29, 0.717) is 18.8 Å². The Kier molecular flexibility index (Phi) is 3.88. The van der Waals surface area contributed by atoms with E-state index in [0.717, 1.165) is 31.8 Å². The van der Waals surface area contributed by atoms with Gasteiger partial charge in [0.25, 0.3) is 5.91 Å². The smallest absolute Gasteiger partial charge is 0.280 e. The highest BCUT2D eigenvalue weighted by Gasteiger charge is 2.29. The zero-order chi connectivity index (χ0) is 16.0. The van der Waals surface area contributed by atoms with Crippen molar-refractivity contribution in [1.29, 1.82) is 0 Å². The van der Waals surface area contributed by atoms with E-state index in [-0.39, 0.29) is 5.91 Å². The summed E-state index contributed by atoms with van der Waals surface area (Å²) >= 11 is 2.19. The average Bonchev–Trinajstić information content (AvgIpc) is 2.73. The number of anilines is 1. The first-order valence-corrected chi connectivity index (χ1v) is 8.23. The van der Waals surface area contributed by atoms with Crippen molar-refractivity contribution in [1.82, 2.24) is 9.78 Å². The maximum Gasteiger partial charge on any atom is 0.280 e. The Morgan fingerprint density at radius 2 is 2.05 bits per heavy atom. The monoisotopic (exact) mass is 411 g/mol. The van der Waals surface area contributed by atoms with Gasteiger partial charge in [-0.25, -0.2) is 0 Å². The van der Waals surface area contributed by atoms with Gasteiger partial charge in [0.15, 0.2) is 5.69 Å². The van der Waals surface area contributed by atoms with Crippen LogP contribution in [-0.2, 0) is 7.05 Å². The topological polar surface area (TPSA) is 47.4 Å². The van der Waals surface area contributed by atoms with Gasteiger partial charge in [-0.1, -0.05) is 6.07 Å². The molecule has 22 heavy (non-hydrogen) atoms. The summed E-state index contributed by atoms with van der Waals surface area (Å²) in [5, 5.41) is 4.38. The third kappa shape index (κ3) is 2.39. The molecule has 116 valence electrons. The average molecular weight is 411 g/mol. The molecule has 5 nitrogen and oxygen atoms in total. The second-order valence-electron chi connectivity index (χ2n) is 5.61. The SMILES string of the molecule is Cc1cc(C)c2c(c1)N(C(=O)c1nn(C)c(C)c1I)CCO2. The van der Waals surface area contributed by atoms with Gasteiger partial charge in [0, 0.05) is 12.7 Å². The van der Waals surface area contributed by atoms with Crippen LogP contribution in [0.15, 0.2) is 12.1 Å². The molecular formula is C16H18IN3O2. The predicted octanol–water partition coefficient (Wildman–Crippen LogP) is 2.99. The molecule has 0 bridgehead atoms. The van der Waals surface area contributed by atoms with E-state index in [1.54, 1.807) is 9.58 Å². The van der Waals surface area contributed by atoms with E-state index in [9.17, 15) is 4.79 Å². The van der Waals surface area contributed by atoms with Crippen LogP contribution in [0.25, 0.3) is 0 Å². The Morgan fingerprint density at radius 3 is 2.68 bits per heavy atom. The molecule has 2 heterocycles. The number of hydrogen-bond acceptors (Lipinski definition) is 3. The predicted molar refractivity (Wildman–Crippen MR) is 93.7 cm³/mol. The van der Waals surface area contributed by atoms with Gasteiger partial charge < -0.3 is 4.74 Å². The number of benzene rings is 1. The lowest BCUT2D eigenvalue weighted by Crippen LogP contribution is -2.38. The van der Waals surface area contributed by atoms with Crippen LogP contribution in [0.3, 0.4) is 0 Å². The lowest BCUT2D eigenvalue weighted by atomic mass is 10.1. The maximum absolute atomic E-state index is 13.0. The summed E-state index contributed by atoms with van der Waals surface area (Å²) in [6.07, 6.45) is 0. The summed E-state index contributed by atoms with van der Waals surface area (Å²) in [5.41, 5.74) is 4.52. The minimum atomic E-state index is -0.0670. The highest BCUT2D eigenvalue weighted by atomic mass is 127. The Morgan fingerprint density at radius 1 is 1.32 bits per heavy atom. The minimum absolute atomic E-state index is 0.0670. The number of aromatic nitrogens is 2. The number of fused-ring (bicyclic) bond motifs is 1. The van der Waals surface area contributed by atoms with Gasteiger partial charge in [-0.2, -0.15) is 5.10 Å². The fourth-order valence-electron chi connectivity index (χ4n) is 2.74. The van der Waals surface area contributed by atoms with Gasteiger partial charge in [-0.15, -0.1) is 0 Å². The molecule has 1 aliphatic heterocycles. The first-order valence-electron chi connectivity index (χ1n) is 7.15. The molecule has 1 amide bonds. The number of amides is 1. The normalized spacial score (nSPS) is 13.8. The Balaban J connectivity index is 2.07. The van der Waals surface area contributed by atoms with Crippen molar-refractivity contribution in [2.45, 2.75) is 20.8 Å². The molecule has 0 atom stereocenters. The van der Waals surface area contributed by atoms with E-state index in [2.05, 4.69) is 33.8 Å². The van der Waals surface area contributed by atoms with Gasteiger partial charge in [0.1, 0.15) is 12.4 Å². The van der Waals surface area contributed by atoms with Gasteiger partial charge >= 0.3 is 0 Å². The number of rotatable bonds is 1. The van der Waals surface area contributed by atoms with Crippen molar-refractivity contribution < 1.29 is 9.53 Å². The van der Waals surface area contributed by atoms with Gasteiger partial charge in [0.05, 0.1) is 15.8 Å². The number of carbonyl (C=O) groups is 1. The molecule has 0 saturated carbocycles. The summed E-state index contributed by atoms with van der Waals surface area (Å²) in [5.74, 6) is 0.732. The van der Waals surface area contributed by atoms with Crippen LogP contribution in [-0.4, -0.2) is 28.8 Å². The number of nitrogens with zero attached hydrogens (tertiary/aromatic N) is 3. The van der Waals surface area contributed by atoms with Gasteiger partial charge in [-0.3, -0.25) is 14.4 Å². The Bertz CT molecular complexity index is 767. The fourth-order valence-corrected chi connectivity index (χ4v) is 3.43. The Hall–Kier alpha value is -1.57. The number of aryl methyl sites for hydroxylation is 3. The van der Waals surface area contributed by atoms with Gasteiger partial charge in [-0.05, 0) is 60.6 Å². The molecular weight excluding hydrogens is 393 g/mol. The molecule has 0 radical (unpaired) electrons. The third-order valence-corrected chi connectivity index (χ3v) is 5.25. The third-order valence-electron chi connectivity index (χ3n) is 3.96. The van der Waals surface area contributed by atoms with Gasteiger partial charge in [0.2, 0.25) is 0 Å². The summed E-state index contributed by atoms with van der Waals surface area (Å²) in [6, 6.07) is 4.07.